The van der Waals surface area contributed by atoms with Crippen LogP contribution in [-0.4, -0.2) is 10.9 Å². The zero-order chi connectivity index (χ0) is 14.5. The number of hydrogen-bond acceptors (Lipinski definition) is 2. The van der Waals surface area contributed by atoms with Crippen LogP contribution >= 0.6 is 11.6 Å². The fourth-order valence-corrected chi connectivity index (χ4v) is 2.14. The predicted molar refractivity (Wildman–Crippen MR) is 76.1 cm³/mol. The Morgan fingerprint density at radius 1 is 1.45 bits per heavy atom. The molecule has 1 aromatic carbocycles. The van der Waals surface area contributed by atoms with Gasteiger partial charge in [-0.2, -0.15) is 0 Å². The molecule has 1 heterocycles. The van der Waals surface area contributed by atoms with Gasteiger partial charge in [-0.15, -0.1) is 0 Å². The lowest BCUT2D eigenvalue weighted by Gasteiger charge is -2.18. The average molecular weight is 293 g/mol. The van der Waals surface area contributed by atoms with Crippen LogP contribution in [0, 0.1) is 5.82 Å². The molecule has 1 aromatic heterocycles. The highest BCUT2D eigenvalue weighted by molar-refractivity contribution is 6.30. The van der Waals surface area contributed by atoms with E-state index >= 15 is 0 Å². The van der Waals surface area contributed by atoms with Crippen LogP contribution < -0.4 is 5.32 Å². The first kappa shape index (κ1) is 14.5. The number of hydrogen-bond donors (Lipinski definition) is 1. The van der Waals surface area contributed by atoms with E-state index in [2.05, 4.69) is 10.3 Å². The van der Waals surface area contributed by atoms with Crippen molar-refractivity contribution in [3.63, 3.8) is 0 Å². The maximum absolute atomic E-state index is 13.5. The molecule has 0 aliphatic carbocycles. The smallest absolute Gasteiger partial charge is 0.254 e. The Morgan fingerprint density at radius 3 is 2.90 bits per heavy atom. The van der Waals surface area contributed by atoms with Crippen molar-refractivity contribution >= 4 is 17.5 Å². The number of amides is 1. The standard InChI is InChI=1S/C15H14ClFN2O/c1-2-14(10-4-3-5-11(16)8-10)19-15(20)12-6-7-18-9-13(12)17/h3-9,14H,2H2,1H3,(H,19,20). The normalized spacial score (nSPS) is 11.9. The van der Waals surface area contributed by atoms with Crippen molar-refractivity contribution in [1.82, 2.24) is 10.3 Å². The second-order valence-corrected chi connectivity index (χ2v) is 4.78. The molecule has 1 amide bonds. The third kappa shape index (κ3) is 3.33. The van der Waals surface area contributed by atoms with Gasteiger partial charge >= 0.3 is 0 Å². The van der Waals surface area contributed by atoms with E-state index in [0.717, 1.165) is 11.8 Å². The first-order valence-corrected chi connectivity index (χ1v) is 6.65. The van der Waals surface area contributed by atoms with Gasteiger partial charge in [0.15, 0.2) is 5.82 Å². The number of aromatic nitrogens is 1. The minimum atomic E-state index is -0.633. The van der Waals surface area contributed by atoms with Gasteiger partial charge in [-0.1, -0.05) is 30.7 Å². The molecule has 0 aliphatic rings. The summed E-state index contributed by atoms with van der Waals surface area (Å²) in [6.45, 7) is 1.94. The molecular weight excluding hydrogens is 279 g/mol. The van der Waals surface area contributed by atoms with E-state index in [9.17, 15) is 9.18 Å². The fraction of sp³-hybridized carbons (Fsp3) is 0.200. The molecule has 3 nitrogen and oxygen atoms in total. The van der Waals surface area contributed by atoms with Gasteiger partial charge in [0.2, 0.25) is 0 Å². The van der Waals surface area contributed by atoms with Crippen molar-refractivity contribution in [3.05, 3.63) is 64.7 Å². The second-order valence-electron chi connectivity index (χ2n) is 4.34. The van der Waals surface area contributed by atoms with Gasteiger partial charge in [-0.25, -0.2) is 4.39 Å². The number of nitrogens with one attached hydrogen (secondary N) is 1. The van der Waals surface area contributed by atoms with Crippen LogP contribution in [0.15, 0.2) is 42.7 Å². The van der Waals surface area contributed by atoms with E-state index in [-0.39, 0.29) is 11.6 Å². The molecule has 2 aromatic rings. The van der Waals surface area contributed by atoms with Gasteiger partial charge in [-0.05, 0) is 30.2 Å². The molecule has 0 bridgehead atoms. The third-order valence-corrected chi connectivity index (χ3v) is 3.22. The lowest BCUT2D eigenvalue weighted by Crippen LogP contribution is -2.28. The molecular formula is C15H14ClFN2O. The van der Waals surface area contributed by atoms with Crippen molar-refractivity contribution in [2.75, 3.05) is 0 Å². The third-order valence-electron chi connectivity index (χ3n) is 2.98. The van der Waals surface area contributed by atoms with Crippen molar-refractivity contribution in [2.45, 2.75) is 19.4 Å². The maximum atomic E-state index is 13.5. The molecule has 104 valence electrons. The van der Waals surface area contributed by atoms with Crippen LogP contribution in [0.1, 0.15) is 35.3 Å². The molecule has 0 saturated heterocycles. The van der Waals surface area contributed by atoms with Gasteiger partial charge in [-0.3, -0.25) is 9.78 Å². The van der Waals surface area contributed by atoms with Crippen LogP contribution in [0.4, 0.5) is 4.39 Å². The number of rotatable bonds is 4. The summed E-state index contributed by atoms with van der Waals surface area (Å²) < 4.78 is 13.5. The minimum Gasteiger partial charge on any atom is -0.345 e. The van der Waals surface area contributed by atoms with Gasteiger partial charge in [0.1, 0.15) is 0 Å². The number of benzene rings is 1. The highest BCUT2D eigenvalue weighted by Crippen LogP contribution is 2.21. The molecule has 1 atom stereocenters. The Morgan fingerprint density at radius 2 is 2.25 bits per heavy atom. The summed E-state index contributed by atoms with van der Waals surface area (Å²) in [6, 6.07) is 8.40. The summed E-state index contributed by atoms with van der Waals surface area (Å²) in [5.41, 5.74) is 0.878. The molecule has 1 N–H and O–H groups in total. The molecule has 0 radical (unpaired) electrons. The Balaban J connectivity index is 2.19. The van der Waals surface area contributed by atoms with E-state index in [1.807, 2.05) is 19.1 Å². The van der Waals surface area contributed by atoms with Crippen molar-refractivity contribution in [2.24, 2.45) is 0 Å². The molecule has 20 heavy (non-hydrogen) atoms. The molecule has 0 spiro atoms. The van der Waals surface area contributed by atoms with Crippen molar-refractivity contribution in [3.8, 4) is 0 Å². The van der Waals surface area contributed by atoms with E-state index in [0.29, 0.717) is 11.4 Å². The summed E-state index contributed by atoms with van der Waals surface area (Å²) in [5.74, 6) is -1.09. The van der Waals surface area contributed by atoms with Gasteiger partial charge in [0.25, 0.3) is 5.91 Å². The maximum Gasteiger partial charge on any atom is 0.254 e. The molecule has 0 saturated carbocycles. The van der Waals surface area contributed by atoms with E-state index in [4.69, 9.17) is 11.6 Å². The Labute approximate surface area is 121 Å². The largest absolute Gasteiger partial charge is 0.345 e. The summed E-state index contributed by atoms with van der Waals surface area (Å²) in [5, 5.41) is 3.40. The number of nitrogens with zero attached hydrogens (tertiary/aromatic N) is 1. The number of pyridine rings is 1. The first-order chi connectivity index (χ1) is 9.61. The van der Waals surface area contributed by atoms with Gasteiger partial charge < -0.3 is 5.32 Å². The zero-order valence-corrected chi connectivity index (χ0v) is 11.7. The van der Waals surface area contributed by atoms with Crippen LogP contribution in [0.3, 0.4) is 0 Å². The number of carbonyl (C=O) groups excluding carboxylic acids is 1. The average Bonchev–Trinajstić information content (AvgIpc) is 2.45. The molecule has 0 aliphatic heterocycles. The highest BCUT2D eigenvalue weighted by Gasteiger charge is 2.17. The van der Waals surface area contributed by atoms with Crippen molar-refractivity contribution < 1.29 is 9.18 Å². The van der Waals surface area contributed by atoms with Gasteiger partial charge in [0.05, 0.1) is 17.8 Å². The molecule has 1 unspecified atom stereocenters. The Kier molecular flexibility index (Phi) is 4.69. The Hall–Kier alpha value is -1.94. The highest BCUT2D eigenvalue weighted by atomic mass is 35.5. The van der Waals surface area contributed by atoms with E-state index in [1.165, 1.54) is 12.3 Å². The summed E-state index contributed by atoms with van der Waals surface area (Å²) in [7, 11) is 0. The minimum absolute atomic E-state index is 0.0134. The second kappa shape index (κ2) is 6.48. The fourth-order valence-electron chi connectivity index (χ4n) is 1.94. The molecule has 5 heteroatoms. The number of halogens is 2. The quantitative estimate of drug-likeness (QED) is 0.932. The van der Waals surface area contributed by atoms with Crippen LogP contribution in [-0.2, 0) is 0 Å². The van der Waals surface area contributed by atoms with E-state index < -0.39 is 11.7 Å². The van der Waals surface area contributed by atoms with Crippen molar-refractivity contribution in [1.29, 1.82) is 0 Å². The van der Waals surface area contributed by atoms with Crippen LogP contribution in [0.2, 0.25) is 5.02 Å². The SMILES string of the molecule is CCC(NC(=O)c1ccncc1F)c1cccc(Cl)c1. The number of carbonyl (C=O) groups is 1. The monoisotopic (exact) mass is 292 g/mol. The van der Waals surface area contributed by atoms with E-state index in [1.54, 1.807) is 12.1 Å². The predicted octanol–water partition coefficient (Wildman–Crippen LogP) is 3.76. The first-order valence-electron chi connectivity index (χ1n) is 6.27. The van der Waals surface area contributed by atoms with Gasteiger partial charge in [0, 0.05) is 11.2 Å². The summed E-state index contributed by atoms with van der Waals surface area (Å²) in [4.78, 5) is 15.7. The Bertz CT molecular complexity index is 618. The summed E-state index contributed by atoms with van der Waals surface area (Å²) >= 11 is 5.94. The molecule has 0 fully saturated rings. The lowest BCUT2D eigenvalue weighted by molar-refractivity contribution is 0.0931. The topological polar surface area (TPSA) is 42.0 Å². The van der Waals surface area contributed by atoms with Crippen LogP contribution in [0.25, 0.3) is 0 Å². The molecule has 2 rings (SSSR count). The zero-order valence-electron chi connectivity index (χ0n) is 10.9. The summed E-state index contributed by atoms with van der Waals surface area (Å²) in [6.07, 6.45) is 3.09. The van der Waals surface area contributed by atoms with Crippen LogP contribution in [0.5, 0.6) is 0 Å². The lowest BCUT2D eigenvalue weighted by atomic mass is 10.0.